The van der Waals surface area contributed by atoms with Gasteiger partial charge in [-0.1, -0.05) is 67.1 Å². The zero-order valence-electron chi connectivity index (χ0n) is 17.9. The molecule has 0 bridgehead atoms. The van der Waals surface area contributed by atoms with Gasteiger partial charge in [-0.15, -0.1) is 6.58 Å². The minimum atomic E-state index is -0.210. The van der Waals surface area contributed by atoms with Crippen molar-refractivity contribution in [1.29, 1.82) is 0 Å². The standard InChI is InChI=1S/C22H24FN.C4H8/c1-15(2)22(5,19-9-6-16(3)7-10-19)14-24-13-18-8-11-20(23)12-21(18)17(24)4;1-4(2)3/h6-12H,1,4,13-14H2,2-3,5H3;1H2,2-3H3. The van der Waals surface area contributed by atoms with Crippen LogP contribution in [0.2, 0.25) is 0 Å². The van der Waals surface area contributed by atoms with Gasteiger partial charge in [0.05, 0.1) is 0 Å². The van der Waals surface area contributed by atoms with Gasteiger partial charge >= 0.3 is 0 Å². The van der Waals surface area contributed by atoms with E-state index in [9.17, 15) is 4.39 Å². The largest absolute Gasteiger partial charge is 0.366 e. The molecule has 0 saturated carbocycles. The average Bonchev–Trinajstić information content (AvgIpc) is 2.90. The summed E-state index contributed by atoms with van der Waals surface area (Å²) in [4.78, 5) is 2.23. The van der Waals surface area contributed by atoms with E-state index in [4.69, 9.17) is 0 Å². The van der Waals surface area contributed by atoms with Gasteiger partial charge in [0.2, 0.25) is 0 Å². The fraction of sp³-hybridized carbons (Fsp3) is 0.308. The topological polar surface area (TPSA) is 3.24 Å². The summed E-state index contributed by atoms with van der Waals surface area (Å²) in [6, 6.07) is 13.6. The van der Waals surface area contributed by atoms with Gasteiger partial charge in [-0.3, -0.25) is 0 Å². The first-order valence-electron chi connectivity index (χ1n) is 9.62. The molecule has 148 valence electrons. The molecule has 1 aliphatic heterocycles. The number of nitrogens with zero attached hydrogens (tertiary/aromatic N) is 1. The van der Waals surface area contributed by atoms with Crippen LogP contribution in [-0.2, 0) is 12.0 Å². The van der Waals surface area contributed by atoms with Gasteiger partial charge in [0.25, 0.3) is 0 Å². The molecular weight excluding hydrogens is 345 g/mol. The Bertz CT molecular complexity index is 887. The van der Waals surface area contributed by atoms with Gasteiger partial charge in [-0.05, 0) is 51.0 Å². The van der Waals surface area contributed by atoms with E-state index < -0.39 is 0 Å². The summed E-state index contributed by atoms with van der Waals surface area (Å²) in [6.07, 6.45) is 0. The van der Waals surface area contributed by atoms with Gasteiger partial charge < -0.3 is 4.90 Å². The van der Waals surface area contributed by atoms with E-state index in [-0.39, 0.29) is 11.2 Å². The van der Waals surface area contributed by atoms with E-state index in [0.29, 0.717) is 0 Å². The highest BCUT2D eigenvalue weighted by atomic mass is 19.1. The monoisotopic (exact) mass is 377 g/mol. The number of aryl methyl sites for hydroxylation is 1. The normalized spacial score (nSPS) is 14.6. The van der Waals surface area contributed by atoms with E-state index >= 15 is 0 Å². The van der Waals surface area contributed by atoms with Gasteiger partial charge in [0, 0.05) is 29.8 Å². The molecule has 0 N–H and O–H groups in total. The van der Waals surface area contributed by atoms with Crippen molar-refractivity contribution in [3.8, 4) is 0 Å². The molecule has 3 rings (SSSR count). The Kier molecular flexibility index (Phi) is 6.66. The summed E-state index contributed by atoms with van der Waals surface area (Å²) in [7, 11) is 0. The minimum Gasteiger partial charge on any atom is -0.366 e. The van der Waals surface area contributed by atoms with Crippen LogP contribution in [0.1, 0.15) is 49.9 Å². The predicted molar refractivity (Wildman–Crippen MR) is 120 cm³/mol. The lowest BCUT2D eigenvalue weighted by Gasteiger charge is -2.36. The van der Waals surface area contributed by atoms with Crippen molar-refractivity contribution in [2.24, 2.45) is 0 Å². The first-order chi connectivity index (χ1) is 13.0. The Morgan fingerprint density at radius 3 is 2.18 bits per heavy atom. The number of hydrogen-bond donors (Lipinski definition) is 0. The summed E-state index contributed by atoms with van der Waals surface area (Å²) in [5.41, 5.74) is 7.53. The van der Waals surface area contributed by atoms with E-state index in [1.807, 2.05) is 19.9 Å². The van der Waals surface area contributed by atoms with Gasteiger partial charge in [0.15, 0.2) is 0 Å². The van der Waals surface area contributed by atoms with Crippen LogP contribution in [0.15, 0.2) is 73.3 Å². The molecule has 1 atom stereocenters. The molecule has 2 aromatic carbocycles. The zero-order valence-corrected chi connectivity index (χ0v) is 17.9. The van der Waals surface area contributed by atoms with Gasteiger partial charge in [-0.25, -0.2) is 4.39 Å². The van der Waals surface area contributed by atoms with Gasteiger partial charge in [-0.2, -0.15) is 0 Å². The van der Waals surface area contributed by atoms with Crippen LogP contribution in [0, 0.1) is 12.7 Å². The molecule has 28 heavy (non-hydrogen) atoms. The molecule has 0 aliphatic carbocycles. The summed E-state index contributed by atoms with van der Waals surface area (Å²) in [5, 5.41) is 0. The van der Waals surface area contributed by atoms with Crippen molar-refractivity contribution >= 4 is 5.70 Å². The molecular formula is C26H32FN. The molecule has 0 radical (unpaired) electrons. The number of rotatable bonds is 4. The number of allylic oxidation sites excluding steroid dienone is 1. The lowest BCUT2D eigenvalue weighted by atomic mass is 9.76. The third kappa shape index (κ3) is 4.81. The molecule has 0 amide bonds. The van der Waals surface area contributed by atoms with Crippen LogP contribution >= 0.6 is 0 Å². The SMILES string of the molecule is C=C(C)C.C=C1c2cc(F)ccc2CN1CC(C)(C(=C)C)c1ccc(C)cc1. The Labute approximate surface area is 169 Å². The first kappa shape index (κ1) is 21.7. The zero-order chi connectivity index (χ0) is 21.1. The molecule has 1 unspecified atom stereocenters. The number of fused-ring (bicyclic) bond motifs is 1. The molecule has 0 spiro atoms. The molecule has 2 aromatic rings. The van der Waals surface area contributed by atoms with Crippen molar-refractivity contribution < 1.29 is 4.39 Å². The Morgan fingerprint density at radius 2 is 1.64 bits per heavy atom. The highest BCUT2D eigenvalue weighted by molar-refractivity contribution is 5.69. The Morgan fingerprint density at radius 1 is 1.07 bits per heavy atom. The van der Waals surface area contributed by atoms with Crippen molar-refractivity contribution in [3.05, 3.63) is 101 Å². The number of benzene rings is 2. The first-order valence-corrected chi connectivity index (χ1v) is 9.62. The van der Waals surface area contributed by atoms with E-state index in [1.165, 1.54) is 22.8 Å². The summed E-state index contributed by atoms with van der Waals surface area (Å²) in [5.74, 6) is -0.210. The quantitative estimate of drug-likeness (QED) is 0.517. The fourth-order valence-corrected chi connectivity index (χ4v) is 3.35. The second-order valence-electron chi connectivity index (χ2n) is 8.29. The second-order valence-corrected chi connectivity index (χ2v) is 8.29. The third-order valence-electron chi connectivity index (χ3n) is 5.26. The second kappa shape index (κ2) is 8.60. The molecule has 0 fully saturated rings. The molecule has 2 heteroatoms. The van der Waals surface area contributed by atoms with Crippen LogP contribution < -0.4 is 0 Å². The maximum absolute atomic E-state index is 13.6. The molecule has 1 heterocycles. The maximum Gasteiger partial charge on any atom is 0.123 e. The lowest BCUT2D eigenvalue weighted by Crippen LogP contribution is -2.36. The fourth-order valence-electron chi connectivity index (χ4n) is 3.35. The smallest absolute Gasteiger partial charge is 0.123 e. The van der Waals surface area contributed by atoms with E-state index in [0.717, 1.165) is 35.5 Å². The molecule has 0 saturated heterocycles. The van der Waals surface area contributed by atoms with Crippen LogP contribution in [0.25, 0.3) is 5.70 Å². The summed E-state index contributed by atoms with van der Waals surface area (Å²) in [6.45, 7) is 23.9. The van der Waals surface area contributed by atoms with Crippen LogP contribution in [0.5, 0.6) is 0 Å². The molecule has 1 aliphatic rings. The average molecular weight is 378 g/mol. The lowest BCUT2D eigenvalue weighted by molar-refractivity contribution is 0.332. The number of halogens is 1. The third-order valence-corrected chi connectivity index (χ3v) is 5.26. The van der Waals surface area contributed by atoms with Crippen LogP contribution in [0.3, 0.4) is 0 Å². The molecule has 0 aromatic heterocycles. The van der Waals surface area contributed by atoms with Crippen molar-refractivity contribution in [2.75, 3.05) is 6.54 Å². The maximum atomic E-state index is 13.6. The predicted octanol–water partition coefficient (Wildman–Crippen LogP) is 7.04. The molecule has 1 nitrogen and oxygen atoms in total. The van der Waals surface area contributed by atoms with Crippen LogP contribution in [-0.4, -0.2) is 11.4 Å². The van der Waals surface area contributed by atoms with Gasteiger partial charge in [0.1, 0.15) is 5.82 Å². The van der Waals surface area contributed by atoms with Crippen molar-refractivity contribution in [1.82, 2.24) is 4.90 Å². The van der Waals surface area contributed by atoms with Crippen molar-refractivity contribution in [2.45, 2.75) is 46.6 Å². The highest BCUT2D eigenvalue weighted by Gasteiger charge is 2.33. The van der Waals surface area contributed by atoms with Crippen molar-refractivity contribution in [3.63, 3.8) is 0 Å². The van der Waals surface area contributed by atoms with Crippen LogP contribution in [0.4, 0.5) is 4.39 Å². The van der Waals surface area contributed by atoms with E-state index in [1.54, 1.807) is 6.07 Å². The minimum absolute atomic E-state index is 0.183. The summed E-state index contributed by atoms with van der Waals surface area (Å²) >= 11 is 0. The Hall–Kier alpha value is -2.61. The van der Waals surface area contributed by atoms with E-state index in [2.05, 4.69) is 69.7 Å². The Balaban J connectivity index is 0.000000640. The number of hydrogen-bond acceptors (Lipinski definition) is 1. The summed E-state index contributed by atoms with van der Waals surface area (Å²) < 4.78 is 13.6. The highest BCUT2D eigenvalue weighted by Crippen LogP contribution is 2.38.